The molecule has 0 aromatic rings. The molecule has 0 aliphatic carbocycles. The number of nitrogens with zero attached hydrogens (tertiary/aromatic N) is 1. The summed E-state index contributed by atoms with van der Waals surface area (Å²) in [6, 6.07) is 0. The fraction of sp³-hybridized carbons (Fsp3) is 0. The van der Waals surface area contributed by atoms with Gasteiger partial charge in [-0.2, -0.15) is 0 Å². The molecule has 2 heteroatoms. The Bertz CT molecular complexity index is 157. The molecule has 0 aromatic carbocycles. The fourth-order valence-electron chi connectivity index (χ4n) is 0.267. The van der Waals surface area contributed by atoms with Crippen LogP contribution in [0.15, 0.2) is 29.8 Å². The van der Waals surface area contributed by atoms with Crippen LogP contribution in [0.2, 0.25) is 0 Å². The predicted octanol–water partition coefficient (Wildman–Crippen LogP) is 1.07. The van der Waals surface area contributed by atoms with Crippen LogP contribution in [0.3, 0.4) is 0 Å². The van der Waals surface area contributed by atoms with Crippen LogP contribution in [0.25, 0.3) is 0 Å². The van der Waals surface area contributed by atoms with Crippen molar-refractivity contribution in [1.82, 2.24) is 0 Å². The summed E-state index contributed by atoms with van der Waals surface area (Å²) in [7, 11) is 0. The van der Waals surface area contributed by atoms with E-state index in [9.17, 15) is 0 Å². The van der Waals surface area contributed by atoms with Gasteiger partial charge >= 0.3 is 0 Å². The van der Waals surface area contributed by atoms with Gasteiger partial charge in [-0.15, -0.1) is 0 Å². The number of rotatable bonds is 0. The number of hydrogen-bond donors (Lipinski definition) is 0. The molecule has 0 atom stereocenters. The highest BCUT2D eigenvalue weighted by Crippen LogP contribution is 1.84. The summed E-state index contributed by atoms with van der Waals surface area (Å²) in [6.07, 6.45) is 5.99. The van der Waals surface area contributed by atoms with Crippen LogP contribution in [0.5, 0.6) is 0 Å². The molecular formula is C5H5NO. The van der Waals surface area contributed by atoms with E-state index in [1.807, 2.05) is 0 Å². The number of allylic oxidation sites excluding steroid dienone is 1. The third-order valence-electron chi connectivity index (χ3n) is 0.513. The molecule has 0 unspecified atom stereocenters. The van der Waals surface area contributed by atoms with E-state index in [0.717, 1.165) is 0 Å². The molecule has 36 valence electrons. The number of aliphatic imine (C=N–C) groups is 1. The van der Waals surface area contributed by atoms with Crippen molar-refractivity contribution in [3.8, 4) is 0 Å². The molecular weight excluding hydrogens is 90.1 g/mol. The topological polar surface area (TPSA) is 21.6 Å². The molecule has 1 aliphatic heterocycles. The zero-order valence-corrected chi connectivity index (χ0v) is 3.66. The van der Waals surface area contributed by atoms with E-state index in [-0.39, 0.29) is 6.18 Å². The minimum Gasteiger partial charge on any atom is -0.471 e. The molecule has 0 saturated carbocycles. The lowest BCUT2D eigenvalue weighted by molar-refractivity contribution is 0.403. The fourth-order valence-corrected chi connectivity index (χ4v) is 0.267. The number of ether oxygens (including phenoxy) is 1. The molecule has 1 heterocycles. The summed E-state index contributed by atoms with van der Waals surface area (Å²) in [5.41, 5.74) is 0. The third-order valence-corrected chi connectivity index (χ3v) is 0.513. The van der Waals surface area contributed by atoms with Crippen molar-refractivity contribution in [1.29, 1.82) is 0 Å². The van der Waals surface area contributed by atoms with Crippen LogP contribution < -0.4 is 0 Å². The second-order valence-electron chi connectivity index (χ2n) is 0.990. The molecule has 2 nitrogen and oxygen atoms in total. The van der Waals surface area contributed by atoms with Crippen molar-refractivity contribution in [2.45, 2.75) is 0 Å². The maximum atomic E-state index is 6.91. The molecule has 0 aromatic heterocycles. The summed E-state index contributed by atoms with van der Waals surface area (Å²) in [6.45, 7) is 0. The molecule has 7 heavy (non-hydrogen) atoms. The van der Waals surface area contributed by atoms with E-state index in [4.69, 9.17) is 1.37 Å². The zero-order chi connectivity index (χ0) is 5.82. The van der Waals surface area contributed by atoms with Gasteiger partial charge in [-0.25, -0.2) is 0 Å². The van der Waals surface area contributed by atoms with Gasteiger partial charge in [-0.1, -0.05) is 0 Å². The Hall–Kier alpha value is -1.05. The van der Waals surface area contributed by atoms with Gasteiger partial charge in [0.2, 0.25) is 0 Å². The van der Waals surface area contributed by atoms with Gasteiger partial charge in [0.25, 0.3) is 0 Å². The van der Waals surface area contributed by atoms with Crippen molar-refractivity contribution in [3.63, 3.8) is 0 Å². The lowest BCUT2D eigenvalue weighted by atomic mass is 10.7. The molecule has 0 amide bonds. The van der Waals surface area contributed by atoms with Gasteiger partial charge in [0.1, 0.15) is 6.26 Å². The predicted molar refractivity (Wildman–Crippen MR) is 27.9 cm³/mol. The minimum atomic E-state index is 0.134. The van der Waals surface area contributed by atoms with Crippen LogP contribution in [0.4, 0.5) is 0 Å². The highest BCUT2D eigenvalue weighted by Gasteiger charge is 1.70. The first-order chi connectivity index (χ1) is 3.89. The first-order valence-electron chi connectivity index (χ1n) is 2.41. The van der Waals surface area contributed by atoms with Crippen LogP contribution in [0.1, 0.15) is 1.37 Å². The van der Waals surface area contributed by atoms with Crippen LogP contribution >= 0.6 is 0 Å². The largest absolute Gasteiger partial charge is 0.471 e. The van der Waals surface area contributed by atoms with Crippen molar-refractivity contribution < 1.29 is 6.11 Å². The molecule has 0 bridgehead atoms. The molecule has 0 N–H and O–H groups in total. The zero-order valence-electron chi connectivity index (χ0n) is 4.66. The van der Waals surface area contributed by atoms with Gasteiger partial charge in [-0.3, -0.25) is 4.99 Å². The highest BCUT2D eigenvalue weighted by atomic mass is 16.5. The SMILES string of the molecule is [2H]C1=COC=CC=N1. The van der Waals surface area contributed by atoms with Crippen molar-refractivity contribution in [2.24, 2.45) is 4.99 Å². The van der Waals surface area contributed by atoms with Crippen LogP contribution in [-0.4, -0.2) is 6.21 Å². The molecule has 0 saturated heterocycles. The lowest BCUT2D eigenvalue weighted by Gasteiger charge is -1.78. The second kappa shape index (κ2) is 2.18. The molecule has 1 aliphatic rings. The van der Waals surface area contributed by atoms with Crippen LogP contribution in [0, 0.1) is 0 Å². The average Bonchev–Trinajstić information content (AvgIpc) is 1.94. The summed E-state index contributed by atoms with van der Waals surface area (Å²) in [5, 5.41) is 0. The Morgan fingerprint density at radius 1 is 1.57 bits per heavy atom. The van der Waals surface area contributed by atoms with E-state index in [2.05, 4.69) is 9.73 Å². The van der Waals surface area contributed by atoms with Crippen molar-refractivity contribution >= 4 is 6.21 Å². The van der Waals surface area contributed by atoms with Crippen LogP contribution in [-0.2, 0) is 4.74 Å². The standard InChI is InChI=1S/C5H5NO/c1-2-6-3-5-7-4-1/h1-5H/i3D. The maximum absolute atomic E-state index is 6.91. The van der Waals surface area contributed by atoms with Gasteiger partial charge in [0, 0.05) is 6.21 Å². The average molecular weight is 96.1 g/mol. The Morgan fingerprint density at radius 2 is 2.57 bits per heavy atom. The van der Waals surface area contributed by atoms with E-state index in [1.165, 1.54) is 18.7 Å². The summed E-state index contributed by atoms with van der Waals surface area (Å²) >= 11 is 0. The van der Waals surface area contributed by atoms with Gasteiger partial charge in [0.15, 0.2) is 0 Å². The maximum Gasteiger partial charge on any atom is 0.108 e. The quantitative estimate of drug-likeness (QED) is 0.442. The lowest BCUT2D eigenvalue weighted by Crippen LogP contribution is -1.58. The van der Waals surface area contributed by atoms with E-state index in [0.29, 0.717) is 0 Å². The summed E-state index contributed by atoms with van der Waals surface area (Å²) in [4.78, 5) is 3.61. The first kappa shape index (κ1) is 3.02. The molecule has 0 spiro atoms. The normalized spacial score (nSPS) is 19.4. The van der Waals surface area contributed by atoms with Gasteiger partial charge < -0.3 is 4.74 Å². The Morgan fingerprint density at radius 3 is 3.57 bits per heavy atom. The Kier molecular flexibility index (Phi) is 0.941. The van der Waals surface area contributed by atoms with E-state index < -0.39 is 0 Å². The smallest absolute Gasteiger partial charge is 0.108 e. The van der Waals surface area contributed by atoms with E-state index in [1.54, 1.807) is 6.08 Å². The Balaban J connectivity index is 2.69. The minimum absolute atomic E-state index is 0.134. The number of hydrogen-bond acceptors (Lipinski definition) is 2. The molecule has 0 radical (unpaired) electrons. The summed E-state index contributed by atoms with van der Waals surface area (Å²) in [5.74, 6) is 0. The third kappa shape index (κ3) is 1.22. The van der Waals surface area contributed by atoms with Crippen molar-refractivity contribution in [3.05, 3.63) is 24.8 Å². The van der Waals surface area contributed by atoms with Gasteiger partial charge in [0.05, 0.1) is 13.8 Å². The molecule has 0 fully saturated rings. The highest BCUT2D eigenvalue weighted by molar-refractivity contribution is 5.71. The second-order valence-corrected chi connectivity index (χ2v) is 0.990. The van der Waals surface area contributed by atoms with Crippen molar-refractivity contribution in [2.75, 3.05) is 0 Å². The Labute approximate surface area is 43.2 Å². The first-order valence-corrected chi connectivity index (χ1v) is 1.91. The summed E-state index contributed by atoms with van der Waals surface area (Å²) < 4.78 is 11.6. The van der Waals surface area contributed by atoms with Gasteiger partial charge in [-0.05, 0) is 6.08 Å². The van der Waals surface area contributed by atoms with E-state index >= 15 is 0 Å². The monoisotopic (exact) mass is 96.0 g/mol. The molecule has 1 rings (SSSR count).